The third-order valence-corrected chi connectivity index (χ3v) is 5.77. The number of carbonyl (C=O) groups is 2. The second-order valence-corrected chi connectivity index (χ2v) is 8.90. The Bertz CT molecular complexity index is 701. The van der Waals surface area contributed by atoms with Crippen LogP contribution in [0.1, 0.15) is 10.4 Å². The maximum absolute atomic E-state index is 12.1. The minimum Gasteiger partial charge on any atom is -0.340 e. The first kappa shape index (κ1) is 19.0. The molecule has 0 spiro atoms. The first-order valence-corrected chi connectivity index (χ1v) is 10.1. The van der Waals surface area contributed by atoms with Crippen molar-refractivity contribution < 1.29 is 9.59 Å². The van der Waals surface area contributed by atoms with Crippen molar-refractivity contribution in [1.82, 2.24) is 4.90 Å². The van der Waals surface area contributed by atoms with Gasteiger partial charge in [-0.1, -0.05) is 17.7 Å². The molecule has 128 valence electrons. The van der Waals surface area contributed by atoms with Gasteiger partial charge in [-0.25, -0.2) is 0 Å². The second-order valence-electron chi connectivity index (χ2n) is 5.36. The number of rotatable bonds is 7. The van der Waals surface area contributed by atoms with Gasteiger partial charge in [0.2, 0.25) is 11.8 Å². The van der Waals surface area contributed by atoms with E-state index in [0.29, 0.717) is 12.3 Å². The zero-order valence-corrected chi connectivity index (χ0v) is 16.8. The summed E-state index contributed by atoms with van der Waals surface area (Å²) in [5.41, 5.74) is 1.92. The third-order valence-electron chi connectivity index (χ3n) is 3.24. The predicted octanol–water partition coefficient (Wildman–Crippen LogP) is 4.15. The minimum absolute atomic E-state index is 0.0210. The highest BCUT2D eigenvalue weighted by atomic mass is 79.9. The largest absolute Gasteiger partial charge is 0.340 e. The van der Waals surface area contributed by atoms with E-state index < -0.39 is 0 Å². The predicted molar refractivity (Wildman–Crippen MR) is 106 cm³/mol. The molecule has 0 saturated heterocycles. The maximum Gasteiger partial charge on any atom is 0.234 e. The van der Waals surface area contributed by atoms with Gasteiger partial charge in [0.05, 0.1) is 21.8 Å². The van der Waals surface area contributed by atoms with Crippen LogP contribution in [0.2, 0.25) is 0 Å². The molecule has 7 heteroatoms. The molecule has 0 bridgehead atoms. The van der Waals surface area contributed by atoms with Crippen LogP contribution >= 0.6 is 39.0 Å². The van der Waals surface area contributed by atoms with E-state index in [1.807, 2.05) is 43.3 Å². The molecular formula is C17H19BrN2O2S2. The molecule has 24 heavy (non-hydrogen) atoms. The summed E-state index contributed by atoms with van der Waals surface area (Å²) in [5, 5.41) is 2.83. The molecule has 0 aliphatic rings. The number of thioether (sulfide) groups is 1. The molecule has 2 rings (SSSR count). The lowest BCUT2D eigenvalue weighted by atomic mass is 10.2. The highest BCUT2D eigenvalue weighted by molar-refractivity contribution is 9.11. The number of halogens is 1. The lowest BCUT2D eigenvalue weighted by Gasteiger charge is -2.15. The molecule has 0 radical (unpaired) electrons. The number of hydrogen-bond donors (Lipinski definition) is 1. The van der Waals surface area contributed by atoms with Crippen LogP contribution in [0.4, 0.5) is 5.69 Å². The van der Waals surface area contributed by atoms with E-state index in [-0.39, 0.29) is 17.6 Å². The molecule has 0 atom stereocenters. The molecule has 1 aromatic carbocycles. The SMILES string of the molecule is Cc1ccc(NC(=O)CSCC(=O)N(C)Cc2ccc(Br)s2)cc1. The molecule has 0 aliphatic heterocycles. The number of carbonyl (C=O) groups excluding carboxylic acids is 2. The second kappa shape index (κ2) is 9.25. The quantitative estimate of drug-likeness (QED) is 0.723. The fraction of sp³-hybridized carbons (Fsp3) is 0.294. The summed E-state index contributed by atoms with van der Waals surface area (Å²) in [6, 6.07) is 11.6. The maximum atomic E-state index is 12.1. The molecule has 0 fully saturated rings. The van der Waals surface area contributed by atoms with Crippen molar-refractivity contribution in [2.75, 3.05) is 23.9 Å². The van der Waals surface area contributed by atoms with E-state index in [1.165, 1.54) is 11.8 Å². The van der Waals surface area contributed by atoms with Crippen molar-refractivity contribution in [1.29, 1.82) is 0 Å². The van der Waals surface area contributed by atoms with Gasteiger partial charge in [0, 0.05) is 17.6 Å². The number of amides is 2. The average Bonchev–Trinajstić information content (AvgIpc) is 2.94. The summed E-state index contributed by atoms with van der Waals surface area (Å²) in [6.45, 7) is 2.59. The summed E-state index contributed by atoms with van der Waals surface area (Å²) in [5.74, 6) is 0.483. The molecule has 2 aromatic rings. The first-order chi connectivity index (χ1) is 11.4. The van der Waals surface area contributed by atoms with Crippen molar-refractivity contribution in [3.63, 3.8) is 0 Å². The number of benzene rings is 1. The number of nitrogens with zero attached hydrogens (tertiary/aromatic N) is 1. The van der Waals surface area contributed by atoms with Crippen molar-refractivity contribution in [3.05, 3.63) is 50.6 Å². The lowest BCUT2D eigenvalue weighted by Crippen LogP contribution is -2.28. The van der Waals surface area contributed by atoms with Gasteiger partial charge in [-0.15, -0.1) is 23.1 Å². The Hall–Kier alpha value is -1.31. The average molecular weight is 427 g/mol. The van der Waals surface area contributed by atoms with Gasteiger partial charge in [-0.05, 0) is 47.1 Å². The molecule has 1 aromatic heterocycles. The van der Waals surface area contributed by atoms with E-state index in [2.05, 4.69) is 21.2 Å². The highest BCUT2D eigenvalue weighted by Gasteiger charge is 2.12. The van der Waals surface area contributed by atoms with E-state index >= 15 is 0 Å². The van der Waals surface area contributed by atoms with Crippen LogP contribution in [-0.2, 0) is 16.1 Å². The van der Waals surface area contributed by atoms with Crippen molar-refractivity contribution in [2.24, 2.45) is 0 Å². The molecule has 0 aliphatic carbocycles. The molecule has 1 heterocycles. The van der Waals surface area contributed by atoms with Crippen LogP contribution in [0.15, 0.2) is 40.2 Å². The Morgan fingerprint density at radius 3 is 2.50 bits per heavy atom. The van der Waals surface area contributed by atoms with E-state index in [0.717, 1.165) is 19.9 Å². The smallest absolute Gasteiger partial charge is 0.234 e. The Morgan fingerprint density at radius 1 is 1.17 bits per heavy atom. The van der Waals surface area contributed by atoms with Crippen LogP contribution in [0.5, 0.6) is 0 Å². The number of nitrogens with one attached hydrogen (secondary N) is 1. The van der Waals surface area contributed by atoms with E-state index in [1.54, 1.807) is 23.3 Å². The molecule has 2 amide bonds. The molecule has 0 unspecified atom stereocenters. The van der Waals surface area contributed by atoms with Gasteiger partial charge in [0.15, 0.2) is 0 Å². The van der Waals surface area contributed by atoms with Crippen LogP contribution < -0.4 is 5.32 Å². The number of anilines is 1. The minimum atomic E-state index is -0.0958. The standard InChI is InChI=1S/C17H19BrN2O2S2/c1-12-3-5-13(6-4-12)19-16(21)10-23-11-17(22)20(2)9-14-7-8-15(18)24-14/h3-8H,9-11H2,1-2H3,(H,19,21). The fourth-order valence-corrected chi connectivity index (χ4v) is 4.23. The summed E-state index contributed by atoms with van der Waals surface area (Å²) < 4.78 is 1.06. The molecular weight excluding hydrogens is 408 g/mol. The van der Waals surface area contributed by atoms with Gasteiger partial charge in [0.25, 0.3) is 0 Å². The Morgan fingerprint density at radius 2 is 1.88 bits per heavy atom. The first-order valence-electron chi connectivity index (χ1n) is 7.36. The van der Waals surface area contributed by atoms with Crippen molar-refractivity contribution in [3.8, 4) is 0 Å². The lowest BCUT2D eigenvalue weighted by molar-refractivity contribution is -0.127. The normalized spacial score (nSPS) is 10.5. The van der Waals surface area contributed by atoms with Gasteiger partial charge < -0.3 is 10.2 Å². The number of hydrogen-bond acceptors (Lipinski definition) is 4. The zero-order chi connectivity index (χ0) is 17.5. The van der Waals surface area contributed by atoms with Crippen molar-refractivity contribution in [2.45, 2.75) is 13.5 Å². The topological polar surface area (TPSA) is 49.4 Å². The number of aryl methyl sites for hydroxylation is 1. The van der Waals surface area contributed by atoms with Crippen molar-refractivity contribution >= 4 is 56.5 Å². The van der Waals surface area contributed by atoms with Crippen LogP contribution in [-0.4, -0.2) is 35.3 Å². The van der Waals surface area contributed by atoms with Gasteiger partial charge in [-0.2, -0.15) is 0 Å². The van der Waals surface area contributed by atoms with Crippen LogP contribution in [0.25, 0.3) is 0 Å². The number of thiophene rings is 1. The molecule has 0 saturated carbocycles. The Kier molecular flexibility index (Phi) is 7.33. The monoisotopic (exact) mass is 426 g/mol. The highest BCUT2D eigenvalue weighted by Crippen LogP contribution is 2.23. The van der Waals surface area contributed by atoms with Gasteiger partial charge >= 0.3 is 0 Å². The summed E-state index contributed by atoms with van der Waals surface area (Å²) in [4.78, 5) is 26.8. The molecule has 4 nitrogen and oxygen atoms in total. The third kappa shape index (κ3) is 6.30. The van der Waals surface area contributed by atoms with Gasteiger partial charge in [-0.3, -0.25) is 9.59 Å². The summed E-state index contributed by atoms with van der Waals surface area (Å²) >= 11 is 6.36. The van der Waals surface area contributed by atoms with Crippen LogP contribution in [0.3, 0.4) is 0 Å². The Labute approximate surface area is 158 Å². The summed E-state index contributed by atoms with van der Waals surface area (Å²) in [7, 11) is 1.78. The summed E-state index contributed by atoms with van der Waals surface area (Å²) in [6.07, 6.45) is 0. The van der Waals surface area contributed by atoms with E-state index in [9.17, 15) is 9.59 Å². The fourth-order valence-electron chi connectivity index (χ4n) is 1.93. The zero-order valence-electron chi connectivity index (χ0n) is 13.5. The Balaban J connectivity index is 1.69. The van der Waals surface area contributed by atoms with E-state index in [4.69, 9.17) is 0 Å². The molecule has 1 N–H and O–H groups in total. The van der Waals surface area contributed by atoms with Crippen LogP contribution in [0, 0.1) is 6.92 Å². The van der Waals surface area contributed by atoms with Gasteiger partial charge in [0.1, 0.15) is 0 Å².